The number of aryl methyl sites for hydroxylation is 1. The number of rotatable bonds is 3. The van der Waals surface area contributed by atoms with Crippen LogP contribution in [0.5, 0.6) is 11.5 Å². The summed E-state index contributed by atoms with van der Waals surface area (Å²) in [7, 11) is 0. The van der Waals surface area contributed by atoms with E-state index in [4.69, 9.17) is 16.3 Å². The third kappa shape index (κ3) is 3.01. The molecule has 0 fully saturated rings. The maximum absolute atomic E-state index is 10.7. The van der Waals surface area contributed by atoms with Crippen molar-refractivity contribution in [3.63, 3.8) is 0 Å². The summed E-state index contributed by atoms with van der Waals surface area (Å²) < 4.78 is 5.54. The molecule has 0 saturated carbocycles. The number of pyridine rings is 2. The molecule has 86 valence electrons. The van der Waals surface area contributed by atoms with Gasteiger partial charge in [-0.2, -0.15) is 0 Å². The second-order valence-corrected chi connectivity index (χ2v) is 3.86. The van der Waals surface area contributed by atoms with Crippen molar-refractivity contribution in [1.29, 1.82) is 0 Å². The predicted octanol–water partition coefficient (Wildman–Crippen LogP) is 3.04. The van der Waals surface area contributed by atoms with Crippen LogP contribution in [0.15, 0.2) is 30.6 Å². The van der Waals surface area contributed by atoms with Gasteiger partial charge in [0.2, 0.25) is 0 Å². The maximum atomic E-state index is 10.7. The molecule has 0 radical (unpaired) electrons. The van der Waals surface area contributed by atoms with Crippen molar-refractivity contribution in [1.82, 2.24) is 9.97 Å². The van der Waals surface area contributed by atoms with Gasteiger partial charge in [0.1, 0.15) is 17.2 Å². The molecule has 0 aliphatic rings. The van der Waals surface area contributed by atoms with Crippen LogP contribution >= 0.6 is 11.6 Å². The first-order chi connectivity index (χ1) is 8.17. The van der Waals surface area contributed by atoms with E-state index in [0.29, 0.717) is 34.2 Å². The van der Waals surface area contributed by atoms with Gasteiger partial charge in [0.05, 0.1) is 11.2 Å². The van der Waals surface area contributed by atoms with Crippen LogP contribution in [-0.2, 0) is 0 Å². The molecular formula is C12H9ClN2O2. The quantitative estimate of drug-likeness (QED) is 0.784. The van der Waals surface area contributed by atoms with Gasteiger partial charge in [0, 0.05) is 30.1 Å². The van der Waals surface area contributed by atoms with Crippen LogP contribution in [0.25, 0.3) is 0 Å². The molecule has 0 aliphatic carbocycles. The van der Waals surface area contributed by atoms with Crippen LogP contribution in [0.2, 0.25) is 5.02 Å². The normalized spacial score (nSPS) is 10.0. The molecule has 4 nitrogen and oxygen atoms in total. The minimum absolute atomic E-state index is 0.329. The Bertz CT molecular complexity index is 558. The molecule has 0 spiro atoms. The lowest BCUT2D eigenvalue weighted by atomic mass is 10.3. The average Bonchev–Trinajstić information content (AvgIpc) is 2.28. The second kappa shape index (κ2) is 4.93. The molecule has 2 aromatic heterocycles. The highest BCUT2D eigenvalue weighted by Gasteiger charge is 2.03. The van der Waals surface area contributed by atoms with E-state index in [2.05, 4.69) is 9.97 Å². The van der Waals surface area contributed by atoms with E-state index in [9.17, 15) is 4.79 Å². The lowest BCUT2D eigenvalue weighted by Crippen LogP contribution is -1.93. The number of aromatic nitrogens is 2. The van der Waals surface area contributed by atoms with E-state index in [1.54, 1.807) is 31.3 Å². The highest BCUT2D eigenvalue weighted by Crippen LogP contribution is 2.23. The number of carbonyl (C=O) groups is 1. The number of hydrogen-bond donors (Lipinski definition) is 0. The standard InChI is InChI=1S/C12H9ClN2O2/c1-8-2-11(4-10(7-16)15-8)17-12-3-9(13)5-14-6-12/h2-7H,1H3. The van der Waals surface area contributed by atoms with Gasteiger partial charge in [0.15, 0.2) is 6.29 Å². The van der Waals surface area contributed by atoms with Crippen molar-refractivity contribution < 1.29 is 9.53 Å². The summed E-state index contributed by atoms with van der Waals surface area (Å²) in [6, 6.07) is 4.93. The third-order valence-corrected chi connectivity index (χ3v) is 2.19. The SMILES string of the molecule is Cc1cc(Oc2cncc(Cl)c2)cc(C=O)n1. The number of nitrogens with zero attached hydrogens (tertiary/aromatic N) is 2. The lowest BCUT2D eigenvalue weighted by Gasteiger charge is -2.06. The first-order valence-corrected chi connectivity index (χ1v) is 5.27. The summed E-state index contributed by atoms with van der Waals surface area (Å²) in [4.78, 5) is 18.6. The average molecular weight is 249 g/mol. The Labute approximate surface area is 103 Å². The monoisotopic (exact) mass is 248 g/mol. The molecule has 0 bridgehead atoms. The molecule has 2 aromatic rings. The number of carbonyl (C=O) groups excluding carboxylic acids is 1. The van der Waals surface area contributed by atoms with Crippen LogP contribution in [0.1, 0.15) is 16.2 Å². The summed E-state index contributed by atoms with van der Waals surface area (Å²) in [5, 5.41) is 0.490. The Balaban J connectivity index is 2.29. The summed E-state index contributed by atoms with van der Waals surface area (Å²) >= 11 is 5.79. The van der Waals surface area contributed by atoms with Gasteiger partial charge in [0.25, 0.3) is 0 Å². The van der Waals surface area contributed by atoms with Crippen molar-refractivity contribution in [2.24, 2.45) is 0 Å². The van der Waals surface area contributed by atoms with E-state index in [1.165, 1.54) is 6.20 Å². The zero-order chi connectivity index (χ0) is 12.3. The van der Waals surface area contributed by atoms with E-state index in [-0.39, 0.29) is 0 Å². The molecular weight excluding hydrogens is 240 g/mol. The van der Waals surface area contributed by atoms with E-state index >= 15 is 0 Å². The summed E-state index contributed by atoms with van der Waals surface area (Å²) in [5.74, 6) is 1.05. The van der Waals surface area contributed by atoms with E-state index in [0.717, 1.165) is 0 Å². The van der Waals surface area contributed by atoms with Crippen LogP contribution < -0.4 is 4.74 Å². The van der Waals surface area contributed by atoms with Crippen molar-refractivity contribution in [2.45, 2.75) is 6.92 Å². The lowest BCUT2D eigenvalue weighted by molar-refractivity contribution is 0.111. The first-order valence-electron chi connectivity index (χ1n) is 4.89. The predicted molar refractivity (Wildman–Crippen MR) is 63.7 cm³/mol. The zero-order valence-electron chi connectivity index (χ0n) is 9.05. The molecule has 0 unspecified atom stereocenters. The van der Waals surface area contributed by atoms with Crippen molar-refractivity contribution >= 4 is 17.9 Å². The first kappa shape index (κ1) is 11.5. The van der Waals surface area contributed by atoms with Crippen LogP contribution in [0.3, 0.4) is 0 Å². The van der Waals surface area contributed by atoms with Crippen molar-refractivity contribution in [3.05, 3.63) is 47.0 Å². The fourth-order valence-electron chi connectivity index (χ4n) is 1.37. The van der Waals surface area contributed by atoms with Gasteiger partial charge in [-0.25, -0.2) is 0 Å². The number of halogens is 1. The van der Waals surface area contributed by atoms with Gasteiger partial charge >= 0.3 is 0 Å². The Morgan fingerprint density at radius 1 is 1.24 bits per heavy atom. The third-order valence-electron chi connectivity index (χ3n) is 1.98. The summed E-state index contributed by atoms with van der Waals surface area (Å²) in [6.07, 6.45) is 3.74. The highest BCUT2D eigenvalue weighted by atomic mass is 35.5. The zero-order valence-corrected chi connectivity index (χ0v) is 9.81. The van der Waals surface area contributed by atoms with Gasteiger partial charge < -0.3 is 4.74 Å². The number of aldehydes is 1. The summed E-state index contributed by atoms with van der Waals surface area (Å²) in [5.41, 5.74) is 1.04. The molecule has 0 atom stereocenters. The molecule has 0 N–H and O–H groups in total. The molecule has 0 aromatic carbocycles. The van der Waals surface area contributed by atoms with Crippen LogP contribution in [-0.4, -0.2) is 16.3 Å². The van der Waals surface area contributed by atoms with Crippen molar-refractivity contribution in [2.75, 3.05) is 0 Å². The largest absolute Gasteiger partial charge is 0.456 e. The maximum Gasteiger partial charge on any atom is 0.168 e. The number of hydrogen-bond acceptors (Lipinski definition) is 4. The molecule has 2 rings (SSSR count). The Morgan fingerprint density at radius 3 is 2.76 bits per heavy atom. The Hall–Kier alpha value is -1.94. The molecule has 0 amide bonds. The van der Waals surface area contributed by atoms with Gasteiger partial charge in [-0.15, -0.1) is 0 Å². The van der Waals surface area contributed by atoms with Crippen molar-refractivity contribution in [3.8, 4) is 11.5 Å². The van der Waals surface area contributed by atoms with E-state index < -0.39 is 0 Å². The second-order valence-electron chi connectivity index (χ2n) is 3.43. The van der Waals surface area contributed by atoms with Gasteiger partial charge in [-0.1, -0.05) is 11.6 Å². The van der Waals surface area contributed by atoms with Crippen LogP contribution in [0.4, 0.5) is 0 Å². The van der Waals surface area contributed by atoms with E-state index in [1.807, 2.05) is 0 Å². The molecule has 0 saturated heterocycles. The molecule has 2 heterocycles. The Kier molecular flexibility index (Phi) is 3.35. The van der Waals surface area contributed by atoms with Gasteiger partial charge in [-0.3, -0.25) is 14.8 Å². The fraction of sp³-hybridized carbons (Fsp3) is 0.0833. The molecule has 17 heavy (non-hydrogen) atoms. The van der Waals surface area contributed by atoms with Crippen LogP contribution in [0, 0.1) is 6.92 Å². The highest BCUT2D eigenvalue weighted by molar-refractivity contribution is 6.30. The summed E-state index contributed by atoms with van der Waals surface area (Å²) in [6.45, 7) is 1.79. The van der Waals surface area contributed by atoms with Gasteiger partial charge in [-0.05, 0) is 6.92 Å². The fourth-order valence-corrected chi connectivity index (χ4v) is 1.53. The Morgan fingerprint density at radius 2 is 2.06 bits per heavy atom. The molecule has 5 heteroatoms. The smallest absolute Gasteiger partial charge is 0.168 e. The number of ether oxygens (including phenoxy) is 1. The minimum atomic E-state index is 0.329. The minimum Gasteiger partial charge on any atom is -0.456 e. The topological polar surface area (TPSA) is 52.1 Å². The molecule has 0 aliphatic heterocycles.